The molecular formula is C15H21BrN2O3. The molecular weight excluding hydrogens is 336 g/mol. The van der Waals surface area contributed by atoms with Crippen molar-refractivity contribution in [2.24, 2.45) is 5.41 Å². The van der Waals surface area contributed by atoms with Crippen molar-refractivity contribution < 1.29 is 14.7 Å². The Labute approximate surface area is 133 Å². The monoisotopic (exact) mass is 356 g/mol. The predicted octanol–water partition coefficient (Wildman–Crippen LogP) is 2.99. The number of likely N-dealkylation sites (tertiary alicyclic amines) is 1. The molecule has 0 spiro atoms. The van der Waals surface area contributed by atoms with Crippen molar-refractivity contribution in [3.63, 3.8) is 0 Å². The number of aromatic nitrogens is 1. The Balaban J connectivity index is 2.20. The van der Waals surface area contributed by atoms with E-state index in [9.17, 15) is 14.7 Å². The van der Waals surface area contributed by atoms with Gasteiger partial charge in [0.2, 0.25) is 0 Å². The zero-order chi connectivity index (χ0) is 15.6. The minimum atomic E-state index is -0.801. The van der Waals surface area contributed by atoms with Crippen molar-refractivity contribution in [3.8, 4) is 0 Å². The summed E-state index contributed by atoms with van der Waals surface area (Å²) in [5.41, 5.74) is -0.157. The molecule has 2 rings (SSSR count). The van der Waals surface area contributed by atoms with Crippen molar-refractivity contribution in [1.29, 1.82) is 0 Å². The Morgan fingerprint density at radius 1 is 1.43 bits per heavy atom. The van der Waals surface area contributed by atoms with Crippen molar-refractivity contribution in [1.82, 2.24) is 9.47 Å². The molecule has 1 unspecified atom stereocenters. The van der Waals surface area contributed by atoms with Gasteiger partial charge in [-0.05, 0) is 41.3 Å². The van der Waals surface area contributed by atoms with E-state index in [2.05, 4.69) is 22.9 Å². The van der Waals surface area contributed by atoms with E-state index in [0.29, 0.717) is 31.6 Å². The van der Waals surface area contributed by atoms with Crippen LogP contribution in [0.3, 0.4) is 0 Å². The van der Waals surface area contributed by atoms with Crippen molar-refractivity contribution in [2.45, 2.75) is 39.7 Å². The van der Waals surface area contributed by atoms with E-state index >= 15 is 0 Å². The molecule has 0 bridgehead atoms. The van der Waals surface area contributed by atoms with E-state index in [-0.39, 0.29) is 5.91 Å². The minimum absolute atomic E-state index is 0.0780. The normalized spacial score (nSPS) is 21.8. The molecule has 1 amide bonds. The highest BCUT2D eigenvalue weighted by Crippen LogP contribution is 2.35. The van der Waals surface area contributed by atoms with Crippen LogP contribution in [-0.2, 0) is 11.3 Å². The summed E-state index contributed by atoms with van der Waals surface area (Å²) in [6.07, 6.45) is 3.92. The van der Waals surface area contributed by atoms with Gasteiger partial charge in [-0.3, -0.25) is 9.59 Å². The Morgan fingerprint density at radius 2 is 2.14 bits per heavy atom. The second-order valence-electron chi connectivity index (χ2n) is 5.65. The summed E-state index contributed by atoms with van der Waals surface area (Å²) in [6.45, 7) is 5.52. The first kappa shape index (κ1) is 16.1. The maximum atomic E-state index is 12.7. The van der Waals surface area contributed by atoms with Crippen LogP contribution in [0.1, 0.15) is 43.6 Å². The summed E-state index contributed by atoms with van der Waals surface area (Å²) in [5.74, 6) is -0.879. The van der Waals surface area contributed by atoms with Crippen molar-refractivity contribution in [2.75, 3.05) is 13.1 Å². The first-order chi connectivity index (χ1) is 9.93. The van der Waals surface area contributed by atoms with Crippen molar-refractivity contribution in [3.05, 3.63) is 22.4 Å². The van der Waals surface area contributed by atoms with Gasteiger partial charge in [-0.25, -0.2) is 0 Å². The molecule has 0 saturated carbocycles. The molecule has 1 fully saturated rings. The zero-order valence-corrected chi connectivity index (χ0v) is 14.0. The van der Waals surface area contributed by atoms with E-state index in [4.69, 9.17) is 0 Å². The molecule has 1 aromatic rings. The summed E-state index contributed by atoms with van der Waals surface area (Å²) in [5, 5.41) is 9.43. The Bertz CT molecular complexity index is 555. The van der Waals surface area contributed by atoms with Crippen LogP contribution >= 0.6 is 15.9 Å². The first-order valence-electron chi connectivity index (χ1n) is 7.32. The number of carboxylic acids is 1. The Kier molecular flexibility index (Phi) is 4.76. The molecule has 0 aromatic carbocycles. The fraction of sp³-hybridized carbons (Fsp3) is 0.600. The third kappa shape index (κ3) is 3.00. The number of carbonyl (C=O) groups is 2. The van der Waals surface area contributed by atoms with Gasteiger partial charge >= 0.3 is 5.97 Å². The van der Waals surface area contributed by atoms with Crippen LogP contribution in [0.25, 0.3) is 0 Å². The van der Waals surface area contributed by atoms with Crippen LogP contribution in [0.2, 0.25) is 0 Å². The number of hydrogen-bond acceptors (Lipinski definition) is 2. The van der Waals surface area contributed by atoms with Gasteiger partial charge in [0.05, 0.1) is 5.41 Å². The second-order valence-corrected chi connectivity index (χ2v) is 6.57. The Morgan fingerprint density at radius 3 is 2.67 bits per heavy atom. The molecule has 1 N–H and O–H groups in total. The smallest absolute Gasteiger partial charge is 0.311 e. The number of hydrogen-bond donors (Lipinski definition) is 1. The van der Waals surface area contributed by atoms with E-state index in [1.807, 2.05) is 23.8 Å². The molecule has 116 valence electrons. The Hall–Kier alpha value is -1.30. The van der Waals surface area contributed by atoms with Gasteiger partial charge < -0.3 is 14.6 Å². The van der Waals surface area contributed by atoms with E-state index in [1.165, 1.54) is 0 Å². The van der Waals surface area contributed by atoms with E-state index in [0.717, 1.165) is 17.4 Å². The van der Waals surface area contributed by atoms with Gasteiger partial charge in [-0.2, -0.15) is 0 Å². The van der Waals surface area contributed by atoms with E-state index in [1.54, 1.807) is 4.90 Å². The molecule has 1 saturated heterocycles. The first-order valence-corrected chi connectivity index (χ1v) is 8.11. The fourth-order valence-corrected chi connectivity index (χ4v) is 3.37. The highest BCUT2D eigenvalue weighted by molar-refractivity contribution is 9.10. The summed E-state index contributed by atoms with van der Waals surface area (Å²) in [6, 6.07) is 1.81. The number of amides is 1. The average molecular weight is 357 g/mol. The highest BCUT2D eigenvalue weighted by atomic mass is 79.9. The molecule has 1 atom stereocenters. The maximum absolute atomic E-state index is 12.7. The van der Waals surface area contributed by atoms with Gasteiger partial charge in [0.25, 0.3) is 5.91 Å². The second kappa shape index (κ2) is 6.22. The SMILES string of the molecule is CCCn1cc(Br)cc1C(=O)N1CCC(CC)(C(=O)O)C1. The maximum Gasteiger partial charge on any atom is 0.311 e. The standard InChI is InChI=1S/C15H21BrN2O3/c1-3-6-17-9-11(16)8-12(17)13(19)18-7-5-15(4-2,10-18)14(20)21/h8-9H,3-7,10H2,1-2H3,(H,20,21). The molecule has 2 heterocycles. The molecule has 21 heavy (non-hydrogen) atoms. The number of carboxylic acid groups (broad SMARTS) is 1. The summed E-state index contributed by atoms with van der Waals surface area (Å²) < 4.78 is 2.80. The minimum Gasteiger partial charge on any atom is -0.481 e. The summed E-state index contributed by atoms with van der Waals surface area (Å²) >= 11 is 3.40. The largest absolute Gasteiger partial charge is 0.481 e. The lowest BCUT2D eigenvalue weighted by molar-refractivity contribution is -0.148. The zero-order valence-electron chi connectivity index (χ0n) is 12.4. The van der Waals surface area contributed by atoms with Gasteiger partial charge in [0.15, 0.2) is 0 Å². The highest BCUT2D eigenvalue weighted by Gasteiger charge is 2.45. The number of nitrogens with zero attached hydrogens (tertiary/aromatic N) is 2. The fourth-order valence-electron chi connectivity index (χ4n) is 2.90. The lowest BCUT2D eigenvalue weighted by Crippen LogP contribution is -2.37. The van der Waals surface area contributed by atoms with Crippen LogP contribution in [0.5, 0.6) is 0 Å². The quantitative estimate of drug-likeness (QED) is 0.881. The third-order valence-electron chi connectivity index (χ3n) is 4.32. The van der Waals surface area contributed by atoms with Gasteiger partial charge in [-0.15, -0.1) is 0 Å². The van der Waals surface area contributed by atoms with Gasteiger partial charge in [0, 0.05) is 30.3 Å². The molecule has 1 aromatic heterocycles. The number of aliphatic carboxylic acids is 1. The average Bonchev–Trinajstić information content (AvgIpc) is 3.03. The van der Waals surface area contributed by atoms with Crippen molar-refractivity contribution >= 4 is 27.8 Å². The third-order valence-corrected chi connectivity index (χ3v) is 4.75. The van der Waals surface area contributed by atoms with Gasteiger partial charge in [0.1, 0.15) is 5.69 Å². The number of carbonyl (C=O) groups excluding carboxylic acids is 1. The summed E-state index contributed by atoms with van der Waals surface area (Å²) in [7, 11) is 0. The molecule has 5 nitrogen and oxygen atoms in total. The number of halogens is 1. The van der Waals surface area contributed by atoms with Gasteiger partial charge in [-0.1, -0.05) is 13.8 Å². The van der Waals surface area contributed by atoms with Crippen LogP contribution in [0.4, 0.5) is 0 Å². The molecule has 0 radical (unpaired) electrons. The molecule has 0 aliphatic carbocycles. The van der Waals surface area contributed by atoms with E-state index < -0.39 is 11.4 Å². The van der Waals surface area contributed by atoms with Crippen LogP contribution in [0, 0.1) is 5.41 Å². The van der Waals surface area contributed by atoms with Crippen LogP contribution in [-0.4, -0.2) is 39.5 Å². The lowest BCUT2D eigenvalue weighted by atomic mass is 9.84. The molecule has 6 heteroatoms. The van der Waals surface area contributed by atoms with Crippen LogP contribution in [0.15, 0.2) is 16.7 Å². The predicted molar refractivity (Wildman–Crippen MR) is 83.3 cm³/mol. The number of rotatable bonds is 5. The molecule has 1 aliphatic rings. The van der Waals surface area contributed by atoms with Crippen LogP contribution < -0.4 is 0 Å². The number of aryl methyl sites for hydroxylation is 1. The summed E-state index contributed by atoms with van der Waals surface area (Å²) in [4.78, 5) is 25.8. The lowest BCUT2D eigenvalue weighted by Gasteiger charge is -2.23. The molecule has 1 aliphatic heterocycles. The topological polar surface area (TPSA) is 62.5 Å².